The molecule has 1 aromatic carbocycles. The Bertz CT molecular complexity index is 408. The number of likely N-dealkylation sites (tertiary alicyclic amines) is 1. The molecule has 0 spiro atoms. The van der Waals surface area contributed by atoms with Crippen LogP contribution < -0.4 is 11.3 Å². The minimum atomic E-state index is 0.0393. The summed E-state index contributed by atoms with van der Waals surface area (Å²) in [5.41, 5.74) is 5.75. The highest BCUT2D eigenvalue weighted by Gasteiger charge is 2.37. The lowest BCUT2D eigenvalue weighted by molar-refractivity contribution is 0.107. The van der Waals surface area contributed by atoms with Crippen LogP contribution in [0.2, 0.25) is 0 Å². The van der Waals surface area contributed by atoms with E-state index in [1.54, 1.807) is 0 Å². The fourth-order valence-corrected chi connectivity index (χ4v) is 3.18. The molecule has 3 heteroatoms. The number of hydrazine groups is 1. The zero-order valence-corrected chi connectivity index (χ0v) is 12.4. The average Bonchev–Trinajstić information content (AvgIpc) is 2.94. The molecule has 1 atom stereocenters. The van der Waals surface area contributed by atoms with Crippen LogP contribution in [0.25, 0.3) is 0 Å². The van der Waals surface area contributed by atoms with Gasteiger partial charge in [0.1, 0.15) is 0 Å². The Hall–Kier alpha value is -0.900. The first-order valence-electron chi connectivity index (χ1n) is 7.39. The van der Waals surface area contributed by atoms with Crippen molar-refractivity contribution in [1.82, 2.24) is 10.3 Å². The Morgan fingerprint density at radius 3 is 2.58 bits per heavy atom. The van der Waals surface area contributed by atoms with Crippen LogP contribution in [0.3, 0.4) is 0 Å². The quantitative estimate of drug-likeness (QED) is 0.632. The minimum Gasteiger partial charge on any atom is -0.296 e. The van der Waals surface area contributed by atoms with E-state index in [0.29, 0.717) is 0 Å². The molecule has 0 amide bonds. The lowest BCUT2D eigenvalue weighted by Crippen LogP contribution is -2.53. The van der Waals surface area contributed by atoms with Crippen LogP contribution in [0.5, 0.6) is 0 Å². The van der Waals surface area contributed by atoms with Gasteiger partial charge in [0.05, 0.1) is 6.04 Å². The van der Waals surface area contributed by atoms with Crippen LogP contribution in [-0.2, 0) is 6.42 Å². The molecule has 2 rings (SSSR count). The van der Waals surface area contributed by atoms with Crippen LogP contribution in [0, 0.1) is 0 Å². The van der Waals surface area contributed by atoms with Gasteiger partial charge in [-0.05, 0) is 57.3 Å². The van der Waals surface area contributed by atoms with Gasteiger partial charge in [-0.1, -0.05) is 31.2 Å². The van der Waals surface area contributed by atoms with Gasteiger partial charge in [0.15, 0.2) is 0 Å². The van der Waals surface area contributed by atoms with Gasteiger partial charge in [-0.2, -0.15) is 0 Å². The molecule has 1 fully saturated rings. The zero-order chi connectivity index (χ0) is 13.9. The van der Waals surface area contributed by atoms with Gasteiger partial charge >= 0.3 is 0 Å². The van der Waals surface area contributed by atoms with Crippen molar-refractivity contribution in [2.45, 2.75) is 51.6 Å². The lowest BCUT2D eigenvalue weighted by atomic mass is 9.86. The van der Waals surface area contributed by atoms with Gasteiger partial charge in [0.2, 0.25) is 0 Å². The van der Waals surface area contributed by atoms with E-state index in [2.05, 4.69) is 55.4 Å². The van der Waals surface area contributed by atoms with Crippen molar-refractivity contribution in [3.8, 4) is 0 Å². The van der Waals surface area contributed by atoms with E-state index in [4.69, 9.17) is 5.84 Å². The summed E-state index contributed by atoms with van der Waals surface area (Å²) in [6.07, 6.45) is 3.67. The number of nitrogens with one attached hydrogen (secondary N) is 1. The maximum Gasteiger partial charge on any atom is 0.0638 e. The summed E-state index contributed by atoms with van der Waals surface area (Å²) in [7, 11) is 0. The summed E-state index contributed by atoms with van der Waals surface area (Å²) >= 11 is 0. The molecule has 1 aliphatic heterocycles. The highest BCUT2D eigenvalue weighted by Crippen LogP contribution is 2.33. The predicted molar refractivity (Wildman–Crippen MR) is 80.8 cm³/mol. The summed E-state index contributed by atoms with van der Waals surface area (Å²) in [5.74, 6) is 5.87. The zero-order valence-electron chi connectivity index (χ0n) is 12.4. The second-order valence-corrected chi connectivity index (χ2v) is 6.05. The Kier molecular flexibility index (Phi) is 4.61. The van der Waals surface area contributed by atoms with Crippen LogP contribution in [0.1, 0.15) is 50.8 Å². The van der Waals surface area contributed by atoms with Crippen molar-refractivity contribution >= 4 is 0 Å². The van der Waals surface area contributed by atoms with E-state index in [1.807, 2.05) is 0 Å². The smallest absolute Gasteiger partial charge is 0.0638 e. The number of rotatable bonds is 5. The Morgan fingerprint density at radius 1 is 1.32 bits per heavy atom. The molecular weight excluding hydrogens is 234 g/mol. The molecule has 3 N–H and O–H groups in total. The summed E-state index contributed by atoms with van der Waals surface area (Å²) in [6, 6.07) is 8.94. The molecule has 0 bridgehead atoms. The Morgan fingerprint density at radius 2 is 2.00 bits per heavy atom. The SMILES string of the molecule is CCc1cccc(C(NN)C(C)(C)N2CCCC2)c1. The number of nitrogens with two attached hydrogens (primary N) is 1. The third-order valence-electron chi connectivity index (χ3n) is 4.49. The lowest BCUT2D eigenvalue weighted by Gasteiger charge is -2.42. The van der Waals surface area contributed by atoms with Gasteiger partial charge in [-0.25, -0.2) is 0 Å². The van der Waals surface area contributed by atoms with Crippen molar-refractivity contribution in [3.63, 3.8) is 0 Å². The molecule has 1 saturated heterocycles. The maximum atomic E-state index is 5.87. The number of hydrogen-bond donors (Lipinski definition) is 2. The molecule has 19 heavy (non-hydrogen) atoms. The van der Waals surface area contributed by atoms with Crippen molar-refractivity contribution < 1.29 is 0 Å². The summed E-state index contributed by atoms with van der Waals surface area (Å²) in [5, 5.41) is 0. The number of benzene rings is 1. The number of hydrogen-bond acceptors (Lipinski definition) is 3. The molecule has 106 valence electrons. The summed E-state index contributed by atoms with van der Waals surface area (Å²) in [6.45, 7) is 9.13. The molecule has 1 unspecified atom stereocenters. The van der Waals surface area contributed by atoms with Crippen molar-refractivity contribution in [2.24, 2.45) is 5.84 Å². The van der Waals surface area contributed by atoms with E-state index in [0.717, 1.165) is 6.42 Å². The highest BCUT2D eigenvalue weighted by molar-refractivity contribution is 5.28. The van der Waals surface area contributed by atoms with Crippen LogP contribution in [-0.4, -0.2) is 23.5 Å². The topological polar surface area (TPSA) is 41.3 Å². The minimum absolute atomic E-state index is 0.0393. The van der Waals surface area contributed by atoms with Gasteiger partial charge in [0.25, 0.3) is 0 Å². The van der Waals surface area contributed by atoms with Crippen molar-refractivity contribution in [1.29, 1.82) is 0 Å². The van der Waals surface area contributed by atoms with E-state index in [-0.39, 0.29) is 11.6 Å². The van der Waals surface area contributed by atoms with Crippen LogP contribution >= 0.6 is 0 Å². The third kappa shape index (κ3) is 2.99. The monoisotopic (exact) mass is 261 g/mol. The molecule has 3 nitrogen and oxygen atoms in total. The fraction of sp³-hybridized carbons (Fsp3) is 0.625. The maximum absolute atomic E-state index is 5.87. The highest BCUT2D eigenvalue weighted by atomic mass is 15.3. The van der Waals surface area contributed by atoms with Gasteiger partial charge in [-0.15, -0.1) is 0 Å². The molecular formula is C16H27N3. The molecule has 0 aromatic heterocycles. The Labute approximate surface area is 117 Å². The molecule has 0 radical (unpaired) electrons. The predicted octanol–water partition coefficient (Wildman–Crippen LogP) is 2.63. The molecule has 1 heterocycles. The molecule has 1 aliphatic rings. The summed E-state index contributed by atoms with van der Waals surface area (Å²) < 4.78 is 0. The van der Waals surface area contributed by atoms with Gasteiger partial charge in [-0.3, -0.25) is 16.2 Å². The number of aryl methyl sites for hydroxylation is 1. The second kappa shape index (κ2) is 6.04. The van der Waals surface area contributed by atoms with Crippen LogP contribution in [0.4, 0.5) is 0 Å². The standard InChI is InChI=1S/C16H27N3/c1-4-13-8-7-9-14(12-13)15(18-17)16(2,3)19-10-5-6-11-19/h7-9,12,15,18H,4-6,10-11,17H2,1-3H3. The molecule has 1 aromatic rings. The van der Waals surface area contributed by atoms with Gasteiger partial charge in [0, 0.05) is 5.54 Å². The normalized spacial score (nSPS) is 18.7. The first-order valence-corrected chi connectivity index (χ1v) is 7.39. The van der Waals surface area contributed by atoms with Crippen molar-refractivity contribution in [3.05, 3.63) is 35.4 Å². The average molecular weight is 261 g/mol. The van der Waals surface area contributed by atoms with E-state index >= 15 is 0 Å². The van der Waals surface area contributed by atoms with Crippen LogP contribution in [0.15, 0.2) is 24.3 Å². The summed E-state index contributed by atoms with van der Waals surface area (Å²) in [4.78, 5) is 2.55. The Balaban J connectivity index is 2.26. The van der Waals surface area contributed by atoms with E-state index in [1.165, 1.54) is 37.1 Å². The first kappa shape index (κ1) is 14.5. The largest absolute Gasteiger partial charge is 0.296 e. The molecule has 0 saturated carbocycles. The fourth-order valence-electron chi connectivity index (χ4n) is 3.18. The molecule has 0 aliphatic carbocycles. The second-order valence-electron chi connectivity index (χ2n) is 6.05. The number of nitrogens with zero attached hydrogens (tertiary/aromatic N) is 1. The van der Waals surface area contributed by atoms with E-state index in [9.17, 15) is 0 Å². The van der Waals surface area contributed by atoms with E-state index < -0.39 is 0 Å². The third-order valence-corrected chi connectivity index (χ3v) is 4.49. The van der Waals surface area contributed by atoms with Crippen molar-refractivity contribution in [2.75, 3.05) is 13.1 Å². The first-order chi connectivity index (χ1) is 9.09. The van der Waals surface area contributed by atoms with Gasteiger partial charge < -0.3 is 0 Å².